The molecule has 7 nitrogen and oxygen atoms in total. The van der Waals surface area contributed by atoms with Gasteiger partial charge in [0, 0.05) is 16.6 Å². The van der Waals surface area contributed by atoms with Crippen LogP contribution in [0.2, 0.25) is 0 Å². The van der Waals surface area contributed by atoms with Crippen LogP contribution in [0.5, 0.6) is 0 Å². The number of nitrogens with one attached hydrogen (secondary N) is 3. The first kappa shape index (κ1) is 22.6. The molecule has 0 aromatic heterocycles. The van der Waals surface area contributed by atoms with E-state index >= 15 is 0 Å². The third-order valence-electron chi connectivity index (χ3n) is 6.13. The van der Waals surface area contributed by atoms with Crippen molar-refractivity contribution in [2.45, 2.75) is 63.8 Å². The number of rotatable bonds is 4. The molecule has 1 heterocycles. The fraction of sp³-hybridized carbons (Fsp3) is 0.524. The predicted molar refractivity (Wildman–Crippen MR) is 122 cm³/mol. The van der Waals surface area contributed by atoms with E-state index in [0.29, 0.717) is 0 Å². The molecule has 2 atom stereocenters. The van der Waals surface area contributed by atoms with Crippen LogP contribution in [0, 0.1) is 6.57 Å². The molecule has 3 N–H and O–H groups in total. The number of halogens is 1. The molecular formula is C21H28ClN5O2S. The van der Waals surface area contributed by atoms with Crippen molar-refractivity contribution in [1.29, 1.82) is 0 Å². The van der Waals surface area contributed by atoms with Crippen molar-refractivity contribution in [2.24, 2.45) is 4.47 Å². The number of carbonyl (C=O) groups is 1. The number of benzene rings is 1. The van der Waals surface area contributed by atoms with Gasteiger partial charge in [0.05, 0.1) is 0 Å². The van der Waals surface area contributed by atoms with Gasteiger partial charge in [-0.1, -0.05) is 12.1 Å². The maximum Gasteiger partial charge on any atom is 0.332 e. The molecule has 0 bridgehead atoms. The van der Waals surface area contributed by atoms with Gasteiger partial charge in [0.15, 0.2) is 4.47 Å². The SMILES string of the molecule is Cl.[C-]#[N+]N=S(=O)(/C=C/[C@@]1(C)CCCN1)NC(=O)Nc1c2c(cc3c1CCC3)CCC2. The highest BCUT2D eigenvalue weighted by Gasteiger charge is 2.28. The largest absolute Gasteiger partial charge is 0.332 e. The quantitative estimate of drug-likeness (QED) is 0.478. The Bertz CT molecular complexity index is 999. The summed E-state index contributed by atoms with van der Waals surface area (Å²) >= 11 is 0. The maximum absolute atomic E-state index is 13.1. The second-order valence-electron chi connectivity index (χ2n) is 8.29. The van der Waals surface area contributed by atoms with E-state index in [0.717, 1.165) is 63.6 Å². The van der Waals surface area contributed by atoms with E-state index in [-0.39, 0.29) is 17.9 Å². The predicted octanol–water partition coefficient (Wildman–Crippen LogP) is 4.08. The van der Waals surface area contributed by atoms with E-state index < -0.39 is 15.9 Å². The Hall–Kier alpha value is -2.08. The summed E-state index contributed by atoms with van der Waals surface area (Å²) in [5.41, 5.74) is 5.61. The average molecular weight is 450 g/mol. The van der Waals surface area contributed by atoms with Crippen LogP contribution in [0.1, 0.15) is 54.9 Å². The lowest BCUT2D eigenvalue weighted by Crippen LogP contribution is -2.36. The second kappa shape index (κ2) is 8.96. The van der Waals surface area contributed by atoms with Gasteiger partial charge in [0.1, 0.15) is 0 Å². The minimum absolute atomic E-state index is 0. The Morgan fingerprint density at radius 1 is 1.23 bits per heavy atom. The molecule has 2 aliphatic carbocycles. The van der Waals surface area contributed by atoms with Gasteiger partial charge in [-0.25, -0.2) is 13.7 Å². The first-order chi connectivity index (χ1) is 13.9. The highest BCUT2D eigenvalue weighted by atomic mass is 35.5. The number of fused-ring (bicyclic) bond motifs is 2. The van der Waals surface area contributed by atoms with Crippen molar-refractivity contribution in [3.8, 4) is 0 Å². The molecule has 1 aromatic rings. The normalized spacial score (nSPS) is 23.7. The van der Waals surface area contributed by atoms with Crippen molar-refractivity contribution in [2.75, 3.05) is 11.9 Å². The summed E-state index contributed by atoms with van der Waals surface area (Å²) in [7, 11) is -3.32. The molecule has 0 radical (unpaired) electrons. The van der Waals surface area contributed by atoms with Gasteiger partial charge in [-0.3, -0.25) is 0 Å². The first-order valence-electron chi connectivity index (χ1n) is 10.2. The summed E-state index contributed by atoms with van der Waals surface area (Å²) in [6, 6.07) is 1.72. The number of carbonyl (C=O) groups excluding carboxylic acids is 1. The van der Waals surface area contributed by atoms with Crippen LogP contribution in [-0.2, 0) is 35.6 Å². The molecular weight excluding hydrogens is 422 g/mol. The lowest BCUT2D eigenvalue weighted by atomic mass is 9.99. The van der Waals surface area contributed by atoms with Gasteiger partial charge in [-0.2, -0.15) is 6.57 Å². The standard InChI is InChI=1S/C21H27N5O2S.ClH/c1-21(10-5-12-23-21)11-13-29(28,26-22-2)25-20(27)24-19-17-8-3-6-15(17)14-16-7-4-9-18(16)19;/h11,13-14,23H,3-10,12H2,1H3,(H2,24,25,26,27,28);1H/b13-11+;/t21-,29?;/m1./s1. The number of amides is 2. The fourth-order valence-corrected chi connectivity index (χ4v) is 5.77. The number of nitrogens with zero attached hydrogens (tertiary/aromatic N) is 2. The monoisotopic (exact) mass is 449 g/mol. The average Bonchev–Trinajstić information content (AvgIpc) is 3.41. The van der Waals surface area contributed by atoms with Crippen molar-refractivity contribution in [3.63, 3.8) is 0 Å². The van der Waals surface area contributed by atoms with E-state index in [1.54, 1.807) is 6.08 Å². The molecule has 9 heteroatoms. The van der Waals surface area contributed by atoms with Gasteiger partial charge in [-0.15, -0.1) is 17.4 Å². The third-order valence-corrected chi connectivity index (χ3v) is 7.44. The van der Waals surface area contributed by atoms with Crippen LogP contribution in [-0.4, -0.2) is 22.3 Å². The number of urea groups is 1. The summed E-state index contributed by atoms with van der Waals surface area (Å²) in [4.78, 5) is 15.7. The molecule has 30 heavy (non-hydrogen) atoms. The Labute approximate surface area is 184 Å². The topological polar surface area (TPSA) is 87.0 Å². The van der Waals surface area contributed by atoms with Gasteiger partial charge < -0.3 is 10.6 Å². The summed E-state index contributed by atoms with van der Waals surface area (Å²) < 4.78 is 19.0. The molecule has 1 aromatic carbocycles. The maximum atomic E-state index is 13.1. The molecule has 2 amide bonds. The van der Waals surface area contributed by atoms with Crippen LogP contribution in [0.3, 0.4) is 0 Å². The molecule has 162 valence electrons. The molecule has 3 aliphatic rings. The zero-order chi connectivity index (χ0) is 20.5. The Kier molecular flexibility index (Phi) is 6.75. The molecule has 1 unspecified atom stereocenters. The third kappa shape index (κ3) is 4.64. The van der Waals surface area contributed by atoms with Crippen molar-refractivity contribution < 1.29 is 9.00 Å². The Morgan fingerprint density at radius 2 is 1.90 bits per heavy atom. The molecule has 1 fully saturated rings. The van der Waals surface area contributed by atoms with E-state index in [1.807, 2.05) is 6.92 Å². The molecule has 1 aliphatic heterocycles. The number of hydrogen-bond donors (Lipinski definition) is 3. The summed E-state index contributed by atoms with van der Waals surface area (Å²) in [6.07, 6.45) is 9.85. The minimum atomic E-state index is -3.32. The lowest BCUT2D eigenvalue weighted by Gasteiger charge is -2.19. The Balaban J connectivity index is 0.00000256. The number of anilines is 1. The van der Waals surface area contributed by atoms with Crippen LogP contribution >= 0.6 is 12.4 Å². The molecule has 1 saturated heterocycles. The van der Waals surface area contributed by atoms with Gasteiger partial charge in [0.2, 0.25) is 9.92 Å². The van der Waals surface area contributed by atoms with Crippen LogP contribution in [0.4, 0.5) is 10.5 Å². The van der Waals surface area contributed by atoms with Gasteiger partial charge >= 0.3 is 6.03 Å². The zero-order valence-electron chi connectivity index (χ0n) is 17.1. The highest BCUT2D eigenvalue weighted by molar-refractivity contribution is 7.95. The number of hydrogen-bond acceptors (Lipinski definition) is 4. The molecule has 0 saturated carbocycles. The summed E-state index contributed by atoms with van der Waals surface area (Å²) in [5.74, 6) is 0. The summed E-state index contributed by atoms with van der Waals surface area (Å²) in [6.45, 7) is 9.91. The second-order valence-corrected chi connectivity index (χ2v) is 10.1. The van der Waals surface area contributed by atoms with E-state index in [1.165, 1.54) is 27.7 Å². The molecule has 4 rings (SSSR count). The summed E-state index contributed by atoms with van der Waals surface area (Å²) in [5, 5.41) is 7.65. The van der Waals surface area contributed by atoms with Crippen LogP contribution < -0.4 is 15.4 Å². The smallest absolute Gasteiger partial charge is 0.308 e. The van der Waals surface area contributed by atoms with Gasteiger partial charge in [0.25, 0.3) is 0 Å². The minimum Gasteiger partial charge on any atom is -0.308 e. The van der Waals surface area contributed by atoms with Crippen molar-refractivity contribution in [1.82, 2.24) is 10.0 Å². The van der Waals surface area contributed by atoms with Gasteiger partial charge in [-0.05, 0) is 87.1 Å². The highest BCUT2D eigenvalue weighted by Crippen LogP contribution is 2.38. The van der Waals surface area contributed by atoms with E-state index in [9.17, 15) is 9.00 Å². The fourth-order valence-electron chi connectivity index (χ4n) is 4.68. The lowest BCUT2D eigenvalue weighted by molar-refractivity contribution is 0.257. The van der Waals surface area contributed by atoms with Crippen LogP contribution in [0.15, 0.2) is 22.0 Å². The molecule has 0 spiro atoms. The van der Waals surface area contributed by atoms with Crippen molar-refractivity contribution in [3.05, 3.63) is 51.3 Å². The van der Waals surface area contributed by atoms with E-state index in [4.69, 9.17) is 6.57 Å². The Morgan fingerprint density at radius 3 is 2.47 bits per heavy atom. The van der Waals surface area contributed by atoms with Crippen LogP contribution in [0.25, 0.3) is 4.95 Å². The first-order valence-corrected chi connectivity index (χ1v) is 11.8. The number of aryl methyl sites for hydroxylation is 2. The zero-order valence-corrected chi connectivity index (χ0v) is 18.8. The van der Waals surface area contributed by atoms with E-state index in [2.05, 4.69) is 30.8 Å². The van der Waals surface area contributed by atoms with Crippen molar-refractivity contribution >= 4 is 34.0 Å².